The fourth-order valence-electron chi connectivity index (χ4n) is 5.34. The molecule has 5 heteroatoms. The van der Waals surface area contributed by atoms with E-state index in [1.165, 1.54) is 5.56 Å². The average Bonchev–Trinajstić information content (AvgIpc) is 2.87. The fourth-order valence-corrected chi connectivity index (χ4v) is 6.62. The van der Waals surface area contributed by atoms with Crippen molar-refractivity contribution in [1.29, 1.82) is 0 Å². The van der Waals surface area contributed by atoms with Crippen LogP contribution in [0, 0.1) is 11.8 Å². The van der Waals surface area contributed by atoms with Crippen LogP contribution in [0.3, 0.4) is 0 Å². The molecule has 1 N–H and O–H groups in total. The summed E-state index contributed by atoms with van der Waals surface area (Å²) in [7, 11) is -2.09. The molecule has 1 aliphatic heterocycles. The van der Waals surface area contributed by atoms with Gasteiger partial charge in [-0.25, -0.2) is 4.90 Å². The van der Waals surface area contributed by atoms with Crippen LogP contribution in [0.1, 0.15) is 85.8 Å². The minimum absolute atomic E-state index is 0.0397. The first-order chi connectivity index (χ1) is 15.7. The van der Waals surface area contributed by atoms with Gasteiger partial charge in [0.2, 0.25) is 6.41 Å². The summed E-state index contributed by atoms with van der Waals surface area (Å²) in [5.74, 6) is 1.10. The van der Waals surface area contributed by atoms with Crippen molar-refractivity contribution in [3.63, 3.8) is 0 Å². The van der Waals surface area contributed by atoms with Crippen molar-refractivity contribution < 1.29 is 14.3 Å². The second-order valence-electron chi connectivity index (χ2n) is 13.0. The van der Waals surface area contributed by atoms with Crippen molar-refractivity contribution >= 4 is 8.32 Å². The number of hydrogen-bond acceptors (Lipinski definition) is 4. The molecule has 0 bridgehead atoms. The number of rotatable bonds is 6. The van der Waals surface area contributed by atoms with E-state index in [4.69, 9.17) is 9.16 Å². The zero-order valence-electron chi connectivity index (χ0n) is 23.0. The van der Waals surface area contributed by atoms with E-state index in [2.05, 4.69) is 88.2 Å². The molecule has 2 aliphatic rings. The summed E-state index contributed by atoms with van der Waals surface area (Å²) >= 11 is 0. The first-order valence-corrected chi connectivity index (χ1v) is 16.1. The van der Waals surface area contributed by atoms with Gasteiger partial charge >= 0.3 is 0 Å². The molecule has 0 spiro atoms. The Bertz CT molecular complexity index is 811. The van der Waals surface area contributed by atoms with E-state index in [0.29, 0.717) is 11.8 Å². The zero-order valence-corrected chi connectivity index (χ0v) is 24.0. The van der Waals surface area contributed by atoms with Crippen molar-refractivity contribution in [3.05, 3.63) is 48.0 Å². The summed E-state index contributed by atoms with van der Waals surface area (Å²) in [6.07, 6.45) is 7.65. The second kappa shape index (κ2) is 10.6. The third kappa shape index (κ3) is 6.41. The monoisotopic (exact) mass is 487 g/mol. The number of allylic oxidation sites excluding steroid dienone is 1. The van der Waals surface area contributed by atoms with E-state index in [1.807, 2.05) is 20.8 Å². The van der Waals surface area contributed by atoms with Crippen LogP contribution in [-0.2, 0) is 9.16 Å². The van der Waals surface area contributed by atoms with Gasteiger partial charge in [-0.1, -0.05) is 70.2 Å². The Morgan fingerprint density at radius 2 is 1.59 bits per heavy atom. The Morgan fingerprint density at radius 1 is 0.971 bits per heavy atom. The van der Waals surface area contributed by atoms with E-state index in [-0.39, 0.29) is 23.2 Å². The van der Waals surface area contributed by atoms with Gasteiger partial charge in [-0.05, 0) is 82.0 Å². The van der Waals surface area contributed by atoms with Crippen LogP contribution in [0.25, 0.3) is 0 Å². The molecule has 192 valence electrons. The number of hydrogen-bond donors (Lipinski definition) is 1. The highest BCUT2D eigenvalue weighted by molar-refractivity contribution is 6.74. The molecule has 3 rings (SSSR count). The largest absolute Gasteiger partial charge is 0.408 e. The minimum atomic E-state index is -2.09. The van der Waals surface area contributed by atoms with Crippen molar-refractivity contribution in [2.45, 2.75) is 122 Å². The van der Waals surface area contributed by atoms with Crippen LogP contribution in [0.2, 0.25) is 18.1 Å². The lowest BCUT2D eigenvalue weighted by Gasteiger charge is -2.49. The molecule has 1 heterocycles. The van der Waals surface area contributed by atoms with Crippen LogP contribution in [-0.4, -0.2) is 42.4 Å². The predicted molar refractivity (Wildman–Crippen MR) is 144 cm³/mol. The van der Waals surface area contributed by atoms with E-state index in [1.54, 1.807) is 0 Å². The van der Waals surface area contributed by atoms with Crippen LogP contribution in [0.4, 0.5) is 0 Å². The van der Waals surface area contributed by atoms with E-state index in [0.717, 1.165) is 25.7 Å². The minimum Gasteiger partial charge on any atom is -0.408 e. The smallest absolute Gasteiger partial charge is 0.217 e. The predicted octanol–water partition coefficient (Wildman–Crippen LogP) is 7.28. The number of fused-ring (bicyclic) bond motifs is 1. The number of aliphatic hydroxyl groups is 1. The van der Waals surface area contributed by atoms with Crippen molar-refractivity contribution in [3.8, 4) is 0 Å². The van der Waals surface area contributed by atoms with Gasteiger partial charge in [-0.15, -0.1) is 0 Å². The molecule has 0 saturated carbocycles. The van der Waals surface area contributed by atoms with E-state index >= 15 is 0 Å². The highest BCUT2D eigenvalue weighted by Gasteiger charge is 2.48. The Morgan fingerprint density at radius 3 is 2.18 bits per heavy atom. The Hall–Kier alpha value is -0.983. The Balaban J connectivity index is 2.10. The number of aliphatic hydroxyl groups excluding tert-OH is 1. The summed E-state index contributed by atoms with van der Waals surface area (Å²) in [5.41, 5.74) is 0.757. The second-order valence-corrected chi connectivity index (χ2v) is 17.8. The Kier molecular flexibility index (Phi) is 8.57. The third-order valence-electron chi connectivity index (χ3n) is 8.28. The third-order valence-corrected chi connectivity index (χ3v) is 12.7. The first kappa shape index (κ1) is 27.6. The molecule has 0 amide bonds. The molecule has 0 radical (unpaired) electrons. The summed E-state index contributed by atoms with van der Waals surface area (Å²) in [6, 6.07) is 10.9. The maximum atomic E-state index is 11.6. The molecule has 1 fully saturated rings. The number of benzene rings is 1. The molecule has 6 atom stereocenters. The van der Waals surface area contributed by atoms with E-state index < -0.39 is 20.3 Å². The van der Waals surface area contributed by atoms with Gasteiger partial charge in [0.15, 0.2) is 8.32 Å². The topological polar surface area (TPSA) is 41.9 Å². The molecule has 4 nitrogen and oxygen atoms in total. The molecule has 1 aromatic carbocycles. The number of nitrogens with zero attached hydrogens (tertiary/aromatic N) is 1. The molecule has 0 aromatic heterocycles. The summed E-state index contributed by atoms with van der Waals surface area (Å²) < 4.78 is 13.5. The van der Waals surface area contributed by atoms with Gasteiger partial charge in [0.05, 0.1) is 11.7 Å². The first-order valence-electron chi connectivity index (χ1n) is 13.2. The number of ether oxygens (including phenoxy) is 1. The normalized spacial score (nSPS) is 28.8. The lowest BCUT2D eigenvalue weighted by Crippen LogP contribution is -2.57. The molecule has 3 unspecified atom stereocenters. The van der Waals surface area contributed by atoms with Gasteiger partial charge in [-0.2, -0.15) is 0 Å². The molecule has 34 heavy (non-hydrogen) atoms. The van der Waals surface area contributed by atoms with Crippen molar-refractivity contribution in [2.75, 3.05) is 0 Å². The molecule has 1 saturated heterocycles. The van der Waals surface area contributed by atoms with Gasteiger partial charge in [0.1, 0.15) is 0 Å². The number of likely N-dealkylation sites (tertiary alicyclic amines) is 1. The van der Waals surface area contributed by atoms with Crippen LogP contribution >= 0.6 is 0 Å². The standard InChI is InChI=1S/C29H49NO3Si/c1-21-19-20-25(26(22-15-11-10-12-16-22)33-34(8,9)29(5,6)7)30(27(31)32-28(2,3)4)24-18-14-13-17-23(21)24/h10-16,21,23-27,31H,17-20H2,1-9H3/t21-,23?,24?,25-,26-,27?/m1/s1. The molecular formula is C29H49NO3Si. The summed E-state index contributed by atoms with van der Waals surface area (Å²) in [6.45, 7) is 20.0. The van der Waals surface area contributed by atoms with Crippen molar-refractivity contribution in [2.24, 2.45) is 11.8 Å². The summed E-state index contributed by atoms with van der Waals surface area (Å²) in [5, 5.41) is 11.7. The SMILES string of the molecule is C[C@@H]1CC[C@H]([C@H](O[Si](C)(C)C(C)(C)C)c2ccccc2)N(C(O)OC(C)(C)C)C2CC=CCC21. The maximum absolute atomic E-state index is 11.6. The highest BCUT2D eigenvalue weighted by Crippen LogP contribution is 2.46. The Labute approximate surface area is 209 Å². The van der Waals surface area contributed by atoms with Gasteiger partial charge in [0.25, 0.3) is 0 Å². The van der Waals surface area contributed by atoms with Crippen LogP contribution in [0.15, 0.2) is 42.5 Å². The maximum Gasteiger partial charge on any atom is 0.217 e. The highest BCUT2D eigenvalue weighted by atomic mass is 28.4. The van der Waals surface area contributed by atoms with Gasteiger partial charge in [0, 0.05) is 12.1 Å². The quantitative estimate of drug-likeness (QED) is 0.260. The van der Waals surface area contributed by atoms with Crippen molar-refractivity contribution in [1.82, 2.24) is 4.90 Å². The fraction of sp³-hybridized carbons (Fsp3) is 0.724. The molecule has 1 aromatic rings. The molecular weight excluding hydrogens is 438 g/mol. The zero-order chi connectivity index (χ0) is 25.3. The summed E-state index contributed by atoms with van der Waals surface area (Å²) in [4.78, 5) is 2.30. The van der Waals surface area contributed by atoms with Gasteiger partial charge < -0.3 is 14.3 Å². The lowest BCUT2D eigenvalue weighted by molar-refractivity contribution is -0.268. The van der Waals surface area contributed by atoms with Crippen LogP contribution < -0.4 is 0 Å². The van der Waals surface area contributed by atoms with Crippen LogP contribution in [0.5, 0.6) is 0 Å². The van der Waals surface area contributed by atoms with E-state index in [9.17, 15) is 5.11 Å². The molecule has 1 aliphatic carbocycles. The average molecular weight is 488 g/mol. The van der Waals surface area contributed by atoms with Gasteiger partial charge in [-0.3, -0.25) is 0 Å². The lowest BCUT2D eigenvalue weighted by atomic mass is 9.79.